The Balaban J connectivity index is 3.98. The summed E-state index contributed by atoms with van der Waals surface area (Å²) in [6.07, 6.45) is 104. The van der Waals surface area contributed by atoms with Gasteiger partial charge in [-0.2, -0.15) is 0 Å². The smallest absolute Gasteiger partial charge is 0.361 e. The maximum atomic E-state index is 13.0. The van der Waals surface area contributed by atoms with Gasteiger partial charge in [0.15, 0.2) is 6.10 Å². The van der Waals surface area contributed by atoms with Gasteiger partial charge in [-0.3, -0.25) is 9.59 Å². The summed E-state index contributed by atoms with van der Waals surface area (Å²) in [6, 6.07) is 0. The summed E-state index contributed by atoms with van der Waals surface area (Å²) in [6.45, 7) is 4.70. The maximum Gasteiger partial charge on any atom is 0.361 e. The number of hydrogen-bond acceptors (Lipinski definition) is 7. The molecule has 1 N–H and O–H groups in total. The molecule has 2 atom stereocenters. The number of ether oxygens (including phenoxy) is 4. The average molecular weight is 1330 g/mol. The van der Waals surface area contributed by atoms with Crippen LogP contribution in [-0.4, -0.2) is 87.4 Å². The van der Waals surface area contributed by atoms with E-state index in [1.54, 1.807) is 0 Å². The number of likely N-dealkylation sites (N-methyl/N-ethyl adjacent to an activating group) is 1. The molecule has 0 aromatic carbocycles. The van der Waals surface area contributed by atoms with E-state index in [4.69, 9.17) is 18.9 Å². The van der Waals surface area contributed by atoms with Gasteiger partial charge < -0.3 is 28.5 Å². The normalized spacial score (nSPS) is 13.2. The molecule has 9 heteroatoms. The van der Waals surface area contributed by atoms with Gasteiger partial charge in [-0.1, -0.05) is 361 Å². The van der Waals surface area contributed by atoms with E-state index >= 15 is 0 Å². The number of nitrogens with zero attached hydrogens (tertiary/aromatic N) is 1. The van der Waals surface area contributed by atoms with E-state index < -0.39 is 18.4 Å². The van der Waals surface area contributed by atoms with Crippen molar-refractivity contribution in [2.24, 2.45) is 0 Å². The predicted octanol–water partition coefficient (Wildman–Crippen LogP) is 25.7. The van der Waals surface area contributed by atoms with Crippen molar-refractivity contribution in [2.45, 2.75) is 373 Å². The first-order chi connectivity index (χ1) is 46.6. The number of esters is 2. The second-order valence-electron chi connectivity index (χ2n) is 28.0. The quantitative estimate of drug-likeness (QED) is 0.0211. The Bertz CT molecular complexity index is 1930. The largest absolute Gasteiger partial charge is 0.477 e. The lowest BCUT2D eigenvalue weighted by Gasteiger charge is -2.25. The lowest BCUT2D eigenvalue weighted by molar-refractivity contribution is -0.870. The zero-order chi connectivity index (χ0) is 69.0. The fourth-order valence-corrected chi connectivity index (χ4v) is 11.5. The molecule has 9 nitrogen and oxygen atoms in total. The van der Waals surface area contributed by atoms with Gasteiger partial charge in [0.25, 0.3) is 6.29 Å². The Kier molecular flexibility index (Phi) is 72.5. The van der Waals surface area contributed by atoms with Crippen LogP contribution in [0.3, 0.4) is 0 Å². The van der Waals surface area contributed by atoms with Crippen LogP contribution >= 0.6 is 0 Å². The molecule has 2 unspecified atom stereocenters. The predicted molar refractivity (Wildman–Crippen MR) is 410 cm³/mol. The molecule has 0 amide bonds. The SMILES string of the molecule is CC/C=C\C/C=C\C/C=C\C/C=C\C/C=C\CCCCCCCCCCCCCCCCCCCCCCCCCC(=O)OC(COC(=O)CCCCCCCCCCCCCCCCCCCC/C=C\C/C=C\C/C=C\C/C=C\CC)COC(OCC[N+](C)(C)C)C(=O)O. The van der Waals surface area contributed by atoms with E-state index in [1.807, 2.05) is 21.1 Å². The molecule has 0 bridgehead atoms. The van der Waals surface area contributed by atoms with Crippen LogP contribution < -0.4 is 0 Å². The number of carboxylic acids is 1. The van der Waals surface area contributed by atoms with Crippen molar-refractivity contribution < 1.29 is 42.9 Å². The summed E-state index contributed by atoms with van der Waals surface area (Å²) in [4.78, 5) is 37.7. The fraction of sp³-hybridized carbons (Fsp3) is 0.756. The Morgan fingerprint density at radius 1 is 0.316 bits per heavy atom. The standard InChI is InChI=1S/C86H151NO8/c1-6-8-10-12-14-16-18-20-22-24-26-28-30-32-34-36-38-39-40-41-42-43-44-45-47-49-51-53-55-57-59-61-63-65-67-69-71-73-75-77-84(89)95-82(81-94-86(85(90)91)92-79-78-87(3,4)5)80-93-83(88)76-74-72-70-68-66-64-62-60-58-56-54-52-50-48-46-37-35-33-31-29-27-25-23-21-19-17-15-13-11-9-7-2/h8-11,14-17,20-23,26-29,32,34,82,86H,6-7,12-13,18-19,24-25,30-31,33,35-81H2,1-5H3/p+1/b10-8-,11-9-,16-14-,17-15-,22-20-,23-21-,28-26-,29-27-,34-32-. The number of rotatable bonds is 74. The van der Waals surface area contributed by atoms with Crippen molar-refractivity contribution in [3.8, 4) is 0 Å². The third-order valence-corrected chi connectivity index (χ3v) is 17.5. The Morgan fingerprint density at radius 2 is 0.568 bits per heavy atom. The van der Waals surface area contributed by atoms with Crippen molar-refractivity contribution in [1.29, 1.82) is 0 Å². The highest BCUT2D eigenvalue weighted by molar-refractivity contribution is 5.71. The number of unbranched alkanes of at least 4 members (excludes halogenated alkanes) is 41. The molecule has 0 saturated heterocycles. The molecule has 0 saturated carbocycles. The first-order valence-corrected chi connectivity index (χ1v) is 40.1. The minimum Gasteiger partial charge on any atom is -0.477 e. The summed E-state index contributed by atoms with van der Waals surface area (Å²) in [5, 5.41) is 9.78. The number of quaternary nitrogens is 1. The highest BCUT2D eigenvalue weighted by Gasteiger charge is 2.25. The molecular formula is C86H152NO8+. The highest BCUT2D eigenvalue weighted by atomic mass is 16.7. The molecule has 0 spiro atoms. The number of allylic oxidation sites excluding steroid dienone is 18. The summed E-state index contributed by atoms with van der Waals surface area (Å²) < 4.78 is 23.1. The first kappa shape index (κ1) is 91.0. The lowest BCUT2D eigenvalue weighted by atomic mass is 10.0. The van der Waals surface area contributed by atoms with Crippen LogP contribution in [0.15, 0.2) is 109 Å². The Morgan fingerprint density at radius 3 is 0.842 bits per heavy atom. The minimum atomic E-state index is -1.51. The van der Waals surface area contributed by atoms with Crippen molar-refractivity contribution >= 4 is 17.9 Å². The molecular weight excluding hydrogens is 1170 g/mol. The molecule has 0 aromatic rings. The molecule has 0 heterocycles. The van der Waals surface area contributed by atoms with Gasteiger partial charge in [0, 0.05) is 12.8 Å². The van der Waals surface area contributed by atoms with E-state index in [9.17, 15) is 19.5 Å². The number of carboxylic acid groups (broad SMARTS) is 1. The van der Waals surface area contributed by atoms with Crippen LogP contribution in [0.5, 0.6) is 0 Å². The monoisotopic (exact) mass is 1330 g/mol. The molecule has 0 rings (SSSR count). The molecule has 95 heavy (non-hydrogen) atoms. The van der Waals surface area contributed by atoms with Gasteiger partial charge in [-0.05, 0) is 96.3 Å². The molecule has 0 radical (unpaired) electrons. The van der Waals surface area contributed by atoms with Crippen molar-refractivity contribution in [1.82, 2.24) is 0 Å². The van der Waals surface area contributed by atoms with Gasteiger partial charge in [0.2, 0.25) is 0 Å². The lowest BCUT2D eigenvalue weighted by Crippen LogP contribution is -2.40. The summed E-state index contributed by atoms with van der Waals surface area (Å²) >= 11 is 0. The van der Waals surface area contributed by atoms with E-state index in [0.29, 0.717) is 17.4 Å². The first-order valence-electron chi connectivity index (χ1n) is 40.1. The van der Waals surface area contributed by atoms with Crippen LogP contribution in [0.25, 0.3) is 0 Å². The van der Waals surface area contributed by atoms with Gasteiger partial charge in [0.1, 0.15) is 13.2 Å². The third-order valence-electron chi connectivity index (χ3n) is 17.5. The molecule has 0 aliphatic rings. The maximum absolute atomic E-state index is 13.0. The second-order valence-corrected chi connectivity index (χ2v) is 28.0. The van der Waals surface area contributed by atoms with Gasteiger partial charge >= 0.3 is 17.9 Å². The van der Waals surface area contributed by atoms with Crippen molar-refractivity contribution in [3.05, 3.63) is 109 Å². The number of aliphatic carboxylic acids is 1. The Labute approximate surface area is 587 Å². The summed E-state index contributed by atoms with van der Waals surface area (Å²) in [5.74, 6) is -1.98. The van der Waals surface area contributed by atoms with Crippen molar-refractivity contribution in [3.63, 3.8) is 0 Å². The zero-order valence-corrected chi connectivity index (χ0v) is 62.8. The minimum absolute atomic E-state index is 0.180. The zero-order valence-electron chi connectivity index (χ0n) is 62.8. The van der Waals surface area contributed by atoms with Crippen LogP contribution in [-0.2, 0) is 33.3 Å². The van der Waals surface area contributed by atoms with Crippen LogP contribution in [0.2, 0.25) is 0 Å². The van der Waals surface area contributed by atoms with E-state index in [2.05, 4.69) is 123 Å². The Hall–Kier alpha value is -4.05. The van der Waals surface area contributed by atoms with Crippen molar-refractivity contribution in [2.75, 3.05) is 47.5 Å². The topological polar surface area (TPSA) is 108 Å². The van der Waals surface area contributed by atoms with E-state index in [1.165, 1.54) is 238 Å². The molecule has 0 aliphatic heterocycles. The molecule has 0 aromatic heterocycles. The number of carbonyl (C=O) groups excluding carboxylic acids is 2. The fourth-order valence-electron chi connectivity index (χ4n) is 11.5. The summed E-state index contributed by atoms with van der Waals surface area (Å²) in [5.41, 5.74) is 0. The number of carbonyl (C=O) groups is 3. The van der Waals surface area contributed by atoms with Gasteiger partial charge in [-0.25, -0.2) is 4.79 Å². The number of hydrogen-bond donors (Lipinski definition) is 1. The highest BCUT2D eigenvalue weighted by Crippen LogP contribution is 2.19. The van der Waals surface area contributed by atoms with Gasteiger partial charge in [0.05, 0.1) is 34.4 Å². The molecule has 548 valence electrons. The third kappa shape index (κ3) is 77.2. The van der Waals surface area contributed by atoms with Crippen LogP contribution in [0.1, 0.15) is 361 Å². The second kappa shape index (κ2) is 75.7. The van der Waals surface area contributed by atoms with E-state index in [-0.39, 0.29) is 38.2 Å². The van der Waals surface area contributed by atoms with Crippen LogP contribution in [0, 0.1) is 0 Å². The van der Waals surface area contributed by atoms with E-state index in [0.717, 1.165) is 96.3 Å². The summed E-state index contributed by atoms with van der Waals surface area (Å²) in [7, 11) is 5.99. The van der Waals surface area contributed by atoms with Gasteiger partial charge in [-0.15, -0.1) is 0 Å². The van der Waals surface area contributed by atoms with Crippen LogP contribution in [0.4, 0.5) is 0 Å². The molecule has 0 aliphatic carbocycles. The molecule has 0 fully saturated rings. The average Bonchev–Trinajstić information content (AvgIpc) is 2.92.